The van der Waals surface area contributed by atoms with Crippen molar-refractivity contribution in [3.8, 4) is 16.9 Å². The third kappa shape index (κ3) is 3.68. The molecule has 1 atom stereocenters. The number of amides is 1. The molecule has 1 amide bonds. The highest BCUT2D eigenvalue weighted by Crippen LogP contribution is 2.44. The van der Waals surface area contributed by atoms with Gasteiger partial charge in [0.2, 0.25) is 0 Å². The van der Waals surface area contributed by atoms with Crippen LogP contribution in [0.5, 0.6) is 5.75 Å². The molecular formula is C26H25NO5. The molecule has 0 bridgehead atoms. The van der Waals surface area contributed by atoms with Crippen LogP contribution in [0.4, 0.5) is 4.79 Å². The average molecular weight is 431 g/mol. The molecule has 6 nitrogen and oxygen atoms in total. The standard InChI is InChI=1S/C26H25NO5/c1-3-26(24(28)29,17-9-8-10-18(15-17)31-2)27-25(30)32-16-23-21-13-6-4-11-19(21)20-12-5-7-14-22(20)23/h4-15,23H,3,16H2,1-2H3,(H,27,30)(H,28,29)/t26-/m0/s1. The number of ether oxygens (including phenoxy) is 2. The largest absolute Gasteiger partial charge is 0.497 e. The Bertz CT molecular complexity index is 1110. The number of fused-ring (bicyclic) bond motifs is 3. The summed E-state index contributed by atoms with van der Waals surface area (Å²) in [5.41, 5.74) is 3.23. The number of benzene rings is 3. The van der Waals surface area contributed by atoms with Crippen LogP contribution in [-0.4, -0.2) is 30.9 Å². The monoisotopic (exact) mass is 431 g/mol. The van der Waals surface area contributed by atoms with Crippen molar-refractivity contribution in [1.29, 1.82) is 0 Å². The third-order valence-electron chi connectivity index (χ3n) is 6.12. The Hall–Kier alpha value is -3.80. The molecule has 0 aromatic heterocycles. The van der Waals surface area contributed by atoms with Crippen molar-refractivity contribution >= 4 is 12.1 Å². The SMILES string of the molecule is CC[C@@](NC(=O)OCC1c2ccccc2-c2ccccc21)(C(=O)O)c1cccc(OC)c1. The second-order valence-electron chi connectivity index (χ2n) is 7.75. The predicted molar refractivity (Wildman–Crippen MR) is 121 cm³/mol. The lowest BCUT2D eigenvalue weighted by Crippen LogP contribution is -2.51. The summed E-state index contributed by atoms with van der Waals surface area (Å²) in [6.45, 7) is 1.81. The van der Waals surface area contributed by atoms with E-state index in [4.69, 9.17) is 9.47 Å². The van der Waals surface area contributed by atoms with Crippen molar-refractivity contribution in [1.82, 2.24) is 5.32 Å². The van der Waals surface area contributed by atoms with Gasteiger partial charge in [-0.25, -0.2) is 9.59 Å². The van der Waals surface area contributed by atoms with E-state index in [2.05, 4.69) is 17.4 Å². The summed E-state index contributed by atoms with van der Waals surface area (Å²) >= 11 is 0. The van der Waals surface area contributed by atoms with Crippen molar-refractivity contribution in [2.24, 2.45) is 0 Å². The zero-order valence-corrected chi connectivity index (χ0v) is 18.0. The highest BCUT2D eigenvalue weighted by atomic mass is 16.5. The topological polar surface area (TPSA) is 84.9 Å². The maximum Gasteiger partial charge on any atom is 0.408 e. The molecule has 32 heavy (non-hydrogen) atoms. The number of carbonyl (C=O) groups excluding carboxylic acids is 1. The Morgan fingerprint density at radius 3 is 2.16 bits per heavy atom. The Labute approximate surface area is 186 Å². The van der Waals surface area contributed by atoms with Crippen molar-refractivity contribution in [3.63, 3.8) is 0 Å². The number of nitrogens with one attached hydrogen (secondary N) is 1. The van der Waals surface area contributed by atoms with E-state index in [1.165, 1.54) is 7.11 Å². The van der Waals surface area contributed by atoms with Gasteiger partial charge in [0.05, 0.1) is 7.11 Å². The van der Waals surface area contributed by atoms with Crippen molar-refractivity contribution in [2.75, 3.05) is 13.7 Å². The van der Waals surface area contributed by atoms with E-state index in [1.807, 2.05) is 36.4 Å². The molecule has 0 aliphatic heterocycles. The molecule has 3 aromatic rings. The summed E-state index contributed by atoms with van der Waals surface area (Å²) in [5, 5.41) is 12.6. The van der Waals surface area contributed by atoms with Gasteiger partial charge in [-0.1, -0.05) is 67.6 Å². The maximum atomic E-state index is 12.8. The lowest BCUT2D eigenvalue weighted by atomic mass is 9.87. The number of rotatable bonds is 7. The van der Waals surface area contributed by atoms with E-state index in [0.29, 0.717) is 11.3 Å². The first-order chi connectivity index (χ1) is 15.5. The molecule has 1 aliphatic rings. The van der Waals surface area contributed by atoms with Crippen LogP contribution >= 0.6 is 0 Å². The van der Waals surface area contributed by atoms with E-state index < -0.39 is 17.6 Å². The average Bonchev–Trinajstić information content (AvgIpc) is 3.15. The Morgan fingerprint density at radius 2 is 1.59 bits per heavy atom. The normalized spacial score (nSPS) is 14.1. The van der Waals surface area contributed by atoms with E-state index in [9.17, 15) is 14.7 Å². The van der Waals surface area contributed by atoms with Crippen LogP contribution in [0.1, 0.15) is 36.0 Å². The second kappa shape index (κ2) is 8.75. The van der Waals surface area contributed by atoms with Crippen LogP contribution in [0, 0.1) is 0 Å². The summed E-state index contributed by atoms with van der Waals surface area (Å²) in [6.07, 6.45) is -0.640. The lowest BCUT2D eigenvalue weighted by Gasteiger charge is -2.30. The summed E-state index contributed by atoms with van der Waals surface area (Å²) in [4.78, 5) is 25.1. The van der Waals surface area contributed by atoms with Gasteiger partial charge in [-0.3, -0.25) is 0 Å². The van der Waals surface area contributed by atoms with E-state index in [-0.39, 0.29) is 18.9 Å². The molecule has 0 fully saturated rings. The van der Waals surface area contributed by atoms with Gasteiger partial charge in [0.1, 0.15) is 12.4 Å². The van der Waals surface area contributed by atoms with Crippen LogP contribution in [0.2, 0.25) is 0 Å². The number of methoxy groups -OCH3 is 1. The molecule has 0 heterocycles. The van der Waals surface area contributed by atoms with Crippen LogP contribution in [-0.2, 0) is 15.1 Å². The summed E-state index contributed by atoms with van der Waals surface area (Å²) in [6, 6.07) is 22.8. The minimum absolute atomic E-state index is 0.106. The number of carbonyl (C=O) groups is 2. The molecule has 1 aliphatic carbocycles. The summed E-state index contributed by atoms with van der Waals surface area (Å²) in [5.74, 6) is -0.761. The molecule has 0 saturated heterocycles. The molecule has 3 aromatic carbocycles. The zero-order chi connectivity index (χ0) is 22.7. The third-order valence-corrected chi connectivity index (χ3v) is 6.12. The van der Waals surface area contributed by atoms with Gasteiger partial charge in [-0.05, 0) is 46.4 Å². The molecule has 0 radical (unpaired) electrons. The van der Waals surface area contributed by atoms with Gasteiger partial charge in [0.25, 0.3) is 0 Å². The van der Waals surface area contributed by atoms with E-state index in [0.717, 1.165) is 22.3 Å². The fourth-order valence-electron chi connectivity index (χ4n) is 4.39. The first kappa shape index (κ1) is 21.4. The van der Waals surface area contributed by atoms with Gasteiger partial charge >= 0.3 is 12.1 Å². The Morgan fingerprint density at radius 1 is 0.969 bits per heavy atom. The van der Waals surface area contributed by atoms with Crippen molar-refractivity contribution < 1.29 is 24.2 Å². The maximum absolute atomic E-state index is 12.8. The van der Waals surface area contributed by atoms with Gasteiger partial charge in [-0.2, -0.15) is 0 Å². The minimum Gasteiger partial charge on any atom is -0.497 e. The molecule has 0 unspecified atom stereocenters. The van der Waals surface area contributed by atoms with Crippen molar-refractivity contribution in [2.45, 2.75) is 24.8 Å². The highest BCUT2D eigenvalue weighted by Gasteiger charge is 2.41. The number of hydrogen-bond acceptors (Lipinski definition) is 4. The van der Waals surface area contributed by atoms with E-state index in [1.54, 1.807) is 31.2 Å². The molecule has 2 N–H and O–H groups in total. The van der Waals surface area contributed by atoms with Gasteiger partial charge in [0, 0.05) is 5.92 Å². The number of carboxylic acid groups (broad SMARTS) is 1. The Balaban J connectivity index is 1.55. The zero-order valence-electron chi connectivity index (χ0n) is 18.0. The lowest BCUT2D eigenvalue weighted by molar-refractivity contribution is -0.145. The van der Waals surface area contributed by atoms with Gasteiger partial charge in [0.15, 0.2) is 5.54 Å². The van der Waals surface area contributed by atoms with E-state index >= 15 is 0 Å². The molecular weight excluding hydrogens is 406 g/mol. The first-order valence-corrected chi connectivity index (χ1v) is 10.5. The molecule has 4 rings (SSSR count). The van der Waals surface area contributed by atoms with Crippen LogP contribution in [0.3, 0.4) is 0 Å². The molecule has 164 valence electrons. The molecule has 6 heteroatoms. The first-order valence-electron chi connectivity index (χ1n) is 10.5. The van der Waals surface area contributed by atoms with Crippen molar-refractivity contribution in [3.05, 3.63) is 89.5 Å². The van der Waals surface area contributed by atoms with Crippen LogP contribution in [0.25, 0.3) is 11.1 Å². The summed E-state index contributed by atoms with van der Waals surface area (Å²) < 4.78 is 10.8. The van der Waals surface area contributed by atoms with Gasteiger partial charge in [-0.15, -0.1) is 0 Å². The predicted octanol–water partition coefficient (Wildman–Crippen LogP) is 4.92. The van der Waals surface area contributed by atoms with Gasteiger partial charge < -0.3 is 19.9 Å². The number of carboxylic acids is 1. The smallest absolute Gasteiger partial charge is 0.408 e. The number of aliphatic carboxylic acids is 1. The fraction of sp³-hybridized carbons (Fsp3) is 0.231. The summed E-state index contributed by atoms with van der Waals surface area (Å²) in [7, 11) is 1.51. The van der Waals surface area contributed by atoms with Crippen LogP contribution in [0.15, 0.2) is 72.8 Å². The number of hydrogen-bond donors (Lipinski definition) is 2. The second-order valence-corrected chi connectivity index (χ2v) is 7.75. The molecule has 0 saturated carbocycles. The fourth-order valence-corrected chi connectivity index (χ4v) is 4.39. The minimum atomic E-state index is -1.63. The quantitative estimate of drug-likeness (QED) is 0.554. The highest BCUT2D eigenvalue weighted by molar-refractivity contribution is 5.86. The molecule has 0 spiro atoms. The van der Waals surface area contributed by atoms with Crippen LogP contribution < -0.4 is 10.1 Å². The Kier molecular flexibility index (Phi) is 5.86. The number of alkyl carbamates (subject to hydrolysis) is 1.